The summed E-state index contributed by atoms with van der Waals surface area (Å²) in [5, 5.41) is 10.7. The van der Waals surface area contributed by atoms with Gasteiger partial charge in [-0.1, -0.05) is 24.3 Å². The summed E-state index contributed by atoms with van der Waals surface area (Å²) in [5.41, 5.74) is 3.21. The molecule has 0 aliphatic carbocycles. The lowest BCUT2D eigenvalue weighted by Crippen LogP contribution is -2.00. The molecule has 0 saturated carbocycles. The number of aromatic nitrogens is 1. The smallest absolute Gasteiger partial charge is 0.133 e. The van der Waals surface area contributed by atoms with Gasteiger partial charge in [-0.05, 0) is 45.1 Å². The summed E-state index contributed by atoms with van der Waals surface area (Å²) in [4.78, 5) is 0. The average Bonchev–Trinajstić information content (AvgIpc) is 2.91. The highest BCUT2D eigenvalue weighted by molar-refractivity contribution is 9.10. The van der Waals surface area contributed by atoms with E-state index < -0.39 is 0 Å². The minimum absolute atomic E-state index is 0.0493. The Morgan fingerprint density at radius 2 is 2.05 bits per heavy atom. The number of rotatable bonds is 4. The Kier molecular flexibility index (Phi) is 3.99. The van der Waals surface area contributed by atoms with Gasteiger partial charge in [-0.15, -0.1) is 0 Å². The van der Waals surface area contributed by atoms with E-state index in [1.165, 1.54) is 5.56 Å². The van der Waals surface area contributed by atoms with E-state index in [0.29, 0.717) is 0 Å². The molecule has 108 valence electrons. The Bertz CT molecular complexity index is 780. The van der Waals surface area contributed by atoms with E-state index in [4.69, 9.17) is 4.74 Å². The van der Waals surface area contributed by atoms with Crippen molar-refractivity contribution in [2.24, 2.45) is 0 Å². The molecule has 2 aromatic carbocycles. The maximum absolute atomic E-state index is 9.52. The van der Waals surface area contributed by atoms with Crippen molar-refractivity contribution in [3.8, 4) is 5.75 Å². The van der Waals surface area contributed by atoms with E-state index >= 15 is 0 Å². The summed E-state index contributed by atoms with van der Waals surface area (Å²) >= 11 is 3.52. The lowest BCUT2D eigenvalue weighted by molar-refractivity contribution is 0.283. The molecule has 0 bridgehead atoms. The first-order valence-corrected chi connectivity index (χ1v) is 7.52. The molecule has 0 unspecified atom stereocenters. The van der Waals surface area contributed by atoms with Crippen LogP contribution in [0.2, 0.25) is 0 Å². The van der Waals surface area contributed by atoms with Crippen LogP contribution >= 0.6 is 15.9 Å². The number of hydrogen-bond donors (Lipinski definition) is 1. The molecule has 21 heavy (non-hydrogen) atoms. The maximum atomic E-state index is 9.52. The number of methoxy groups -OCH3 is 1. The lowest BCUT2D eigenvalue weighted by atomic mass is 10.1. The summed E-state index contributed by atoms with van der Waals surface area (Å²) in [6, 6.07) is 14.1. The molecule has 3 aromatic rings. The van der Waals surface area contributed by atoms with Crippen LogP contribution in [-0.2, 0) is 13.2 Å². The summed E-state index contributed by atoms with van der Waals surface area (Å²) in [6.45, 7) is 0.802. The molecular weight excluding hydrogens is 330 g/mol. The first-order valence-electron chi connectivity index (χ1n) is 6.73. The predicted octanol–water partition coefficient (Wildman–Crippen LogP) is 3.95. The molecule has 0 saturated heterocycles. The molecule has 0 aliphatic heterocycles. The minimum Gasteiger partial charge on any atom is -0.496 e. The van der Waals surface area contributed by atoms with Crippen LogP contribution in [0.5, 0.6) is 5.75 Å². The number of ether oxygens (including phenoxy) is 1. The number of para-hydroxylation sites is 1. The number of benzene rings is 2. The molecule has 0 aliphatic rings. The standard InChI is InChI=1S/C17H16BrNO2/c1-21-16-6-5-12(9-15(16)18)10-19-8-7-13-3-2-4-14(11-20)17(13)19/h2-9,20H,10-11H2,1H3. The molecule has 0 amide bonds. The van der Waals surface area contributed by atoms with Gasteiger partial charge >= 0.3 is 0 Å². The minimum atomic E-state index is 0.0493. The Hall–Kier alpha value is -1.78. The van der Waals surface area contributed by atoms with Crippen molar-refractivity contribution in [1.82, 2.24) is 4.57 Å². The zero-order valence-corrected chi connectivity index (χ0v) is 13.3. The van der Waals surface area contributed by atoms with E-state index in [9.17, 15) is 5.11 Å². The van der Waals surface area contributed by atoms with Crippen molar-refractivity contribution in [1.29, 1.82) is 0 Å². The van der Waals surface area contributed by atoms with E-state index in [2.05, 4.69) is 51.0 Å². The summed E-state index contributed by atoms with van der Waals surface area (Å²) in [7, 11) is 1.66. The summed E-state index contributed by atoms with van der Waals surface area (Å²) < 4.78 is 8.36. The van der Waals surface area contributed by atoms with E-state index in [1.54, 1.807) is 7.11 Å². The molecule has 0 radical (unpaired) electrons. The van der Waals surface area contributed by atoms with E-state index in [-0.39, 0.29) is 6.61 Å². The van der Waals surface area contributed by atoms with Crippen molar-refractivity contribution in [2.45, 2.75) is 13.2 Å². The molecule has 0 spiro atoms. The number of hydrogen-bond acceptors (Lipinski definition) is 2. The largest absolute Gasteiger partial charge is 0.496 e. The predicted molar refractivity (Wildman–Crippen MR) is 87.7 cm³/mol. The maximum Gasteiger partial charge on any atom is 0.133 e. The highest BCUT2D eigenvalue weighted by atomic mass is 79.9. The van der Waals surface area contributed by atoms with Gasteiger partial charge in [-0.3, -0.25) is 0 Å². The second kappa shape index (κ2) is 5.92. The van der Waals surface area contributed by atoms with Crippen molar-refractivity contribution >= 4 is 26.8 Å². The molecule has 0 atom stereocenters. The number of nitrogens with zero attached hydrogens (tertiary/aromatic N) is 1. The normalized spacial score (nSPS) is 11.0. The second-order valence-electron chi connectivity index (χ2n) is 4.93. The first-order chi connectivity index (χ1) is 10.2. The third-order valence-corrected chi connectivity index (χ3v) is 4.23. The number of halogens is 1. The number of fused-ring (bicyclic) bond motifs is 1. The second-order valence-corrected chi connectivity index (χ2v) is 5.78. The molecular formula is C17H16BrNO2. The highest BCUT2D eigenvalue weighted by Gasteiger charge is 2.07. The molecule has 0 fully saturated rings. The van der Waals surface area contributed by atoms with Gasteiger partial charge in [0.05, 0.1) is 23.7 Å². The van der Waals surface area contributed by atoms with Crippen LogP contribution in [0.4, 0.5) is 0 Å². The number of aliphatic hydroxyl groups excluding tert-OH is 1. The Morgan fingerprint density at radius 1 is 1.19 bits per heavy atom. The molecule has 4 heteroatoms. The van der Waals surface area contributed by atoms with Gasteiger partial charge in [-0.2, -0.15) is 0 Å². The van der Waals surface area contributed by atoms with E-state index in [0.717, 1.165) is 33.2 Å². The number of aliphatic hydroxyl groups is 1. The lowest BCUT2D eigenvalue weighted by Gasteiger charge is -2.10. The third-order valence-electron chi connectivity index (χ3n) is 3.61. The third kappa shape index (κ3) is 2.69. The van der Waals surface area contributed by atoms with Crippen LogP contribution in [0.15, 0.2) is 53.1 Å². The van der Waals surface area contributed by atoms with Gasteiger partial charge in [0.1, 0.15) is 5.75 Å². The van der Waals surface area contributed by atoms with Gasteiger partial charge in [-0.25, -0.2) is 0 Å². The Balaban J connectivity index is 2.00. The zero-order chi connectivity index (χ0) is 14.8. The Morgan fingerprint density at radius 3 is 2.76 bits per heavy atom. The quantitative estimate of drug-likeness (QED) is 0.776. The van der Waals surface area contributed by atoms with Gasteiger partial charge < -0.3 is 14.4 Å². The topological polar surface area (TPSA) is 34.4 Å². The van der Waals surface area contributed by atoms with Crippen LogP contribution in [0.3, 0.4) is 0 Å². The molecule has 3 nitrogen and oxygen atoms in total. The fraction of sp³-hybridized carbons (Fsp3) is 0.176. The fourth-order valence-corrected chi connectivity index (χ4v) is 3.19. The van der Waals surface area contributed by atoms with Crippen molar-refractivity contribution in [3.63, 3.8) is 0 Å². The van der Waals surface area contributed by atoms with Gasteiger partial charge in [0, 0.05) is 18.3 Å². The molecule has 1 N–H and O–H groups in total. The zero-order valence-electron chi connectivity index (χ0n) is 11.7. The van der Waals surface area contributed by atoms with Crippen molar-refractivity contribution in [2.75, 3.05) is 7.11 Å². The van der Waals surface area contributed by atoms with Crippen LogP contribution in [0.25, 0.3) is 10.9 Å². The van der Waals surface area contributed by atoms with Crippen LogP contribution < -0.4 is 4.74 Å². The van der Waals surface area contributed by atoms with Crippen molar-refractivity contribution < 1.29 is 9.84 Å². The van der Waals surface area contributed by atoms with Gasteiger partial charge in [0.2, 0.25) is 0 Å². The molecule has 1 aromatic heterocycles. The van der Waals surface area contributed by atoms with Gasteiger partial charge in [0.25, 0.3) is 0 Å². The SMILES string of the molecule is COc1ccc(Cn2ccc3cccc(CO)c32)cc1Br. The van der Waals surface area contributed by atoms with E-state index in [1.807, 2.05) is 18.2 Å². The fourth-order valence-electron chi connectivity index (χ4n) is 2.61. The molecule has 3 rings (SSSR count). The molecule has 1 heterocycles. The average molecular weight is 346 g/mol. The summed E-state index contributed by atoms with van der Waals surface area (Å²) in [6.07, 6.45) is 2.06. The first kappa shape index (κ1) is 14.2. The monoisotopic (exact) mass is 345 g/mol. The van der Waals surface area contributed by atoms with Crippen molar-refractivity contribution in [3.05, 3.63) is 64.3 Å². The van der Waals surface area contributed by atoms with Crippen LogP contribution in [-0.4, -0.2) is 16.8 Å². The highest BCUT2D eigenvalue weighted by Crippen LogP contribution is 2.27. The van der Waals surface area contributed by atoms with Crippen LogP contribution in [0.1, 0.15) is 11.1 Å². The van der Waals surface area contributed by atoms with Crippen LogP contribution in [0, 0.1) is 0 Å². The van der Waals surface area contributed by atoms with Gasteiger partial charge in [0.15, 0.2) is 0 Å². The Labute approximate surface area is 131 Å². The summed E-state index contributed by atoms with van der Waals surface area (Å²) in [5.74, 6) is 0.826.